The summed E-state index contributed by atoms with van der Waals surface area (Å²) in [7, 11) is 0. The molecular formula is C7H8Cl2N2O2. The number of imide groups is 1. The van der Waals surface area contributed by atoms with Crippen molar-refractivity contribution in [3.05, 3.63) is 0 Å². The van der Waals surface area contributed by atoms with E-state index in [4.69, 9.17) is 23.2 Å². The van der Waals surface area contributed by atoms with E-state index in [1.165, 1.54) is 0 Å². The second-order valence-electron chi connectivity index (χ2n) is 3.33. The summed E-state index contributed by atoms with van der Waals surface area (Å²) in [6.45, 7) is 0.417. The summed E-state index contributed by atoms with van der Waals surface area (Å²) in [6.07, 6.45) is 0.646. The molecule has 72 valence electrons. The van der Waals surface area contributed by atoms with E-state index in [1.54, 1.807) is 0 Å². The van der Waals surface area contributed by atoms with E-state index in [0.717, 1.165) is 4.90 Å². The molecule has 1 saturated heterocycles. The molecule has 1 atom stereocenters. The molecule has 0 bridgehead atoms. The van der Waals surface area contributed by atoms with E-state index >= 15 is 0 Å². The number of urea groups is 1. The van der Waals surface area contributed by atoms with Crippen molar-refractivity contribution in [2.24, 2.45) is 5.92 Å². The van der Waals surface area contributed by atoms with Gasteiger partial charge in [-0.1, -0.05) is 0 Å². The Morgan fingerprint density at radius 3 is 2.54 bits per heavy atom. The SMILES string of the molecule is O=C1CNC(=O)N1C[C@H]1CC1(Cl)Cl. The Morgan fingerprint density at radius 1 is 1.54 bits per heavy atom. The first-order valence-corrected chi connectivity index (χ1v) is 4.72. The zero-order chi connectivity index (χ0) is 9.64. The van der Waals surface area contributed by atoms with Gasteiger partial charge in [-0.3, -0.25) is 9.69 Å². The van der Waals surface area contributed by atoms with Crippen molar-refractivity contribution in [2.75, 3.05) is 13.1 Å². The van der Waals surface area contributed by atoms with Crippen LogP contribution >= 0.6 is 23.2 Å². The molecule has 0 aromatic heterocycles. The largest absolute Gasteiger partial charge is 0.329 e. The van der Waals surface area contributed by atoms with Gasteiger partial charge in [0.15, 0.2) is 0 Å². The third-order valence-corrected chi connectivity index (χ3v) is 3.22. The fourth-order valence-corrected chi connectivity index (χ4v) is 1.84. The van der Waals surface area contributed by atoms with E-state index in [-0.39, 0.29) is 24.4 Å². The van der Waals surface area contributed by atoms with E-state index in [9.17, 15) is 9.59 Å². The maximum Gasteiger partial charge on any atom is 0.324 e. The molecule has 1 N–H and O–H groups in total. The van der Waals surface area contributed by atoms with Gasteiger partial charge in [0.05, 0.1) is 6.54 Å². The van der Waals surface area contributed by atoms with Gasteiger partial charge in [0.25, 0.3) is 0 Å². The van der Waals surface area contributed by atoms with Crippen LogP contribution in [0.3, 0.4) is 0 Å². The molecule has 0 radical (unpaired) electrons. The molecule has 0 spiro atoms. The van der Waals surface area contributed by atoms with Crippen LogP contribution in [0.1, 0.15) is 6.42 Å². The van der Waals surface area contributed by atoms with Crippen LogP contribution in [-0.4, -0.2) is 34.3 Å². The highest BCUT2D eigenvalue weighted by molar-refractivity contribution is 6.50. The topological polar surface area (TPSA) is 49.4 Å². The van der Waals surface area contributed by atoms with Gasteiger partial charge < -0.3 is 5.32 Å². The minimum atomic E-state index is -0.733. The Labute approximate surface area is 85.2 Å². The monoisotopic (exact) mass is 222 g/mol. The summed E-state index contributed by atoms with van der Waals surface area (Å²) in [5, 5.41) is 2.43. The minimum Gasteiger partial charge on any atom is -0.329 e. The van der Waals surface area contributed by atoms with Gasteiger partial charge in [-0.15, -0.1) is 23.2 Å². The number of hydrogen-bond donors (Lipinski definition) is 1. The van der Waals surface area contributed by atoms with Crippen LogP contribution in [0.15, 0.2) is 0 Å². The van der Waals surface area contributed by atoms with Crippen LogP contribution in [-0.2, 0) is 4.79 Å². The van der Waals surface area contributed by atoms with E-state index in [0.29, 0.717) is 13.0 Å². The zero-order valence-electron chi connectivity index (χ0n) is 6.72. The minimum absolute atomic E-state index is 0.0311. The number of alkyl halides is 2. The number of hydrogen-bond acceptors (Lipinski definition) is 2. The number of rotatable bonds is 2. The first-order chi connectivity index (χ1) is 6.00. The average molecular weight is 223 g/mol. The standard InChI is InChI=1S/C7H8Cl2N2O2/c8-7(9)1-4(7)3-11-5(12)2-10-6(11)13/h4H,1-3H2,(H,10,13)/t4-/m1/s1. The van der Waals surface area contributed by atoms with Crippen molar-refractivity contribution in [1.29, 1.82) is 0 Å². The summed E-state index contributed by atoms with van der Waals surface area (Å²) in [5.74, 6) is -0.176. The van der Waals surface area contributed by atoms with Crippen LogP contribution < -0.4 is 5.32 Å². The number of nitrogens with one attached hydrogen (secondary N) is 1. The summed E-state index contributed by atoms with van der Waals surface area (Å²) < 4.78 is -0.733. The van der Waals surface area contributed by atoms with Crippen LogP contribution in [0, 0.1) is 5.92 Å². The van der Waals surface area contributed by atoms with Crippen molar-refractivity contribution >= 4 is 35.1 Å². The summed E-state index contributed by atoms with van der Waals surface area (Å²) in [6, 6.07) is -0.346. The maximum absolute atomic E-state index is 11.1. The Hall–Kier alpha value is -0.480. The lowest BCUT2D eigenvalue weighted by Gasteiger charge is -2.11. The Morgan fingerprint density at radius 2 is 2.15 bits per heavy atom. The number of nitrogens with zero attached hydrogens (tertiary/aromatic N) is 1. The third-order valence-electron chi connectivity index (χ3n) is 2.30. The number of carbonyl (C=O) groups is 2. The van der Waals surface area contributed by atoms with Crippen molar-refractivity contribution in [3.63, 3.8) is 0 Å². The molecule has 1 saturated carbocycles. The fourth-order valence-electron chi connectivity index (χ4n) is 1.33. The Kier molecular flexibility index (Phi) is 1.92. The molecule has 1 heterocycles. The van der Waals surface area contributed by atoms with E-state index < -0.39 is 4.33 Å². The van der Waals surface area contributed by atoms with Crippen molar-refractivity contribution in [3.8, 4) is 0 Å². The van der Waals surface area contributed by atoms with Gasteiger partial charge in [0.1, 0.15) is 4.33 Å². The third kappa shape index (κ3) is 1.60. The molecular weight excluding hydrogens is 215 g/mol. The Bertz CT molecular complexity index is 264. The molecule has 2 fully saturated rings. The molecule has 2 rings (SSSR count). The van der Waals surface area contributed by atoms with Gasteiger partial charge >= 0.3 is 6.03 Å². The van der Waals surface area contributed by atoms with Crippen LogP contribution in [0.4, 0.5) is 4.79 Å². The smallest absolute Gasteiger partial charge is 0.324 e. The normalized spacial score (nSPS) is 30.6. The zero-order valence-corrected chi connectivity index (χ0v) is 8.23. The lowest BCUT2D eigenvalue weighted by atomic mass is 10.4. The maximum atomic E-state index is 11.1. The van der Waals surface area contributed by atoms with Gasteiger partial charge in [-0.25, -0.2) is 4.79 Å². The van der Waals surface area contributed by atoms with Crippen LogP contribution in [0.2, 0.25) is 0 Å². The molecule has 6 heteroatoms. The van der Waals surface area contributed by atoms with Crippen molar-refractivity contribution in [2.45, 2.75) is 10.8 Å². The van der Waals surface area contributed by atoms with E-state index in [1.807, 2.05) is 0 Å². The highest BCUT2D eigenvalue weighted by atomic mass is 35.5. The summed E-state index contributed by atoms with van der Waals surface area (Å²) in [5.41, 5.74) is 0. The summed E-state index contributed by atoms with van der Waals surface area (Å²) in [4.78, 5) is 23.3. The van der Waals surface area contributed by atoms with Crippen LogP contribution in [0.25, 0.3) is 0 Å². The second-order valence-corrected chi connectivity index (χ2v) is 4.87. The van der Waals surface area contributed by atoms with Crippen molar-refractivity contribution < 1.29 is 9.59 Å². The lowest BCUT2D eigenvalue weighted by Crippen LogP contribution is -2.33. The molecule has 3 amide bonds. The predicted molar refractivity (Wildman–Crippen MR) is 47.7 cm³/mol. The number of carbonyl (C=O) groups excluding carboxylic acids is 2. The molecule has 4 nitrogen and oxygen atoms in total. The average Bonchev–Trinajstić information content (AvgIpc) is 2.52. The Balaban J connectivity index is 1.95. The van der Waals surface area contributed by atoms with Gasteiger partial charge in [0, 0.05) is 12.5 Å². The van der Waals surface area contributed by atoms with Crippen LogP contribution in [0.5, 0.6) is 0 Å². The second kappa shape index (κ2) is 2.75. The first-order valence-electron chi connectivity index (χ1n) is 3.97. The molecule has 1 aliphatic carbocycles. The number of halogens is 2. The summed E-state index contributed by atoms with van der Waals surface area (Å²) >= 11 is 11.6. The predicted octanol–water partition coefficient (Wildman–Crippen LogP) is 0.732. The molecule has 1 aliphatic heterocycles. The quantitative estimate of drug-likeness (QED) is 0.554. The molecule has 13 heavy (non-hydrogen) atoms. The molecule has 2 aliphatic rings. The molecule has 0 aromatic rings. The first kappa shape index (κ1) is 9.09. The van der Waals surface area contributed by atoms with Gasteiger partial charge in [-0.05, 0) is 6.42 Å². The lowest BCUT2D eigenvalue weighted by molar-refractivity contribution is -0.125. The van der Waals surface area contributed by atoms with Gasteiger partial charge in [-0.2, -0.15) is 0 Å². The fraction of sp³-hybridized carbons (Fsp3) is 0.714. The molecule has 0 unspecified atom stereocenters. The number of amides is 3. The molecule has 0 aromatic carbocycles. The highest BCUT2D eigenvalue weighted by Crippen LogP contribution is 2.53. The highest BCUT2D eigenvalue weighted by Gasteiger charge is 2.53. The van der Waals surface area contributed by atoms with Gasteiger partial charge in [0.2, 0.25) is 5.91 Å². The van der Waals surface area contributed by atoms with E-state index in [2.05, 4.69) is 5.32 Å². The van der Waals surface area contributed by atoms with Crippen molar-refractivity contribution in [1.82, 2.24) is 10.2 Å².